The zero-order chi connectivity index (χ0) is 24.3. The van der Waals surface area contributed by atoms with E-state index in [0.29, 0.717) is 19.6 Å². The second-order valence-electron chi connectivity index (χ2n) is 9.52. The van der Waals surface area contributed by atoms with Crippen LogP contribution < -0.4 is 4.72 Å². The molecule has 2 saturated heterocycles. The highest BCUT2D eigenvalue weighted by atomic mass is 32.2. The largest absolute Gasteiger partial charge is 0.368 e. The van der Waals surface area contributed by atoms with Gasteiger partial charge in [0.1, 0.15) is 23.6 Å². The average molecular weight is 495 g/mol. The standard InChI is InChI=1S/C24H25F3N2O4S/c1-34(31,32)28-22-19(29(13-24(22)8-9-24)23(30)20-7-10-33-20)11-14-3-2-4-16(21(14)27)17-12-15(25)5-6-18(17)26/h2-6,12,19-20,22,28H,7-11,13H2,1H3/t19-,20+,22+/m0/s1. The Bertz CT molecular complexity index is 1240. The second-order valence-corrected chi connectivity index (χ2v) is 11.3. The summed E-state index contributed by atoms with van der Waals surface area (Å²) in [5.41, 5.74) is -0.500. The van der Waals surface area contributed by atoms with Gasteiger partial charge in [0.05, 0.1) is 18.9 Å². The molecule has 3 aliphatic rings. The predicted octanol–water partition coefficient (Wildman–Crippen LogP) is 3.01. The number of carbonyl (C=O) groups excluding carboxylic acids is 1. The minimum atomic E-state index is -3.60. The Labute approximate surface area is 196 Å². The van der Waals surface area contributed by atoms with Crippen LogP contribution in [-0.2, 0) is 26.0 Å². The lowest BCUT2D eigenvalue weighted by molar-refractivity contribution is -0.157. The fraction of sp³-hybridized carbons (Fsp3) is 0.458. The molecule has 0 unspecified atom stereocenters. The van der Waals surface area contributed by atoms with Gasteiger partial charge in [0, 0.05) is 35.5 Å². The molecule has 2 aromatic carbocycles. The lowest BCUT2D eigenvalue weighted by atomic mass is 9.91. The van der Waals surface area contributed by atoms with Gasteiger partial charge in [0.25, 0.3) is 5.91 Å². The number of likely N-dealkylation sites (tertiary alicyclic amines) is 1. The summed E-state index contributed by atoms with van der Waals surface area (Å²) < 4.78 is 76.1. The van der Waals surface area contributed by atoms with Gasteiger partial charge in [0.15, 0.2) is 0 Å². The van der Waals surface area contributed by atoms with Crippen molar-refractivity contribution in [2.24, 2.45) is 5.41 Å². The number of benzene rings is 2. The quantitative estimate of drug-likeness (QED) is 0.670. The zero-order valence-corrected chi connectivity index (χ0v) is 19.4. The molecule has 3 atom stereocenters. The van der Waals surface area contributed by atoms with Gasteiger partial charge in [-0.05, 0) is 43.0 Å². The van der Waals surface area contributed by atoms with Crippen LogP contribution in [0.1, 0.15) is 24.8 Å². The predicted molar refractivity (Wildman–Crippen MR) is 119 cm³/mol. The van der Waals surface area contributed by atoms with Crippen LogP contribution >= 0.6 is 0 Å². The SMILES string of the molecule is CS(=O)(=O)N[C@@H]1[C@H](Cc2cccc(-c3cc(F)ccc3F)c2F)N(C(=O)[C@H]2CCO2)CC12CC2. The van der Waals surface area contributed by atoms with E-state index in [0.717, 1.165) is 37.3 Å². The van der Waals surface area contributed by atoms with Crippen molar-refractivity contribution in [3.05, 3.63) is 59.4 Å². The maximum absolute atomic E-state index is 15.6. The maximum atomic E-state index is 15.6. The summed E-state index contributed by atoms with van der Waals surface area (Å²) in [6.45, 7) is 0.852. The molecule has 1 aliphatic carbocycles. The molecular formula is C24H25F3N2O4S. The van der Waals surface area contributed by atoms with Crippen molar-refractivity contribution in [1.29, 1.82) is 0 Å². The molecule has 1 amide bonds. The van der Waals surface area contributed by atoms with Gasteiger partial charge in [-0.2, -0.15) is 0 Å². The molecule has 34 heavy (non-hydrogen) atoms. The third kappa shape index (κ3) is 4.23. The lowest BCUT2D eigenvalue weighted by Gasteiger charge is -2.34. The number of ether oxygens (including phenoxy) is 1. The molecule has 2 aromatic rings. The fourth-order valence-corrected chi connectivity index (χ4v) is 6.03. The average Bonchev–Trinajstić information content (AvgIpc) is 3.45. The zero-order valence-electron chi connectivity index (χ0n) is 18.6. The summed E-state index contributed by atoms with van der Waals surface area (Å²) in [4.78, 5) is 14.8. The molecule has 2 heterocycles. The van der Waals surface area contributed by atoms with Crippen LogP contribution in [0.4, 0.5) is 13.2 Å². The van der Waals surface area contributed by atoms with E-state index in [4.69, 9.17) is 4.74 Å². The van der Waals surface area contributed by atoms with Crippen molar-refractivity contribution < 1.29 is 31.1 Å². The number of sulfonamides is 1. The van der Waals surface area contributed by atoms with Crippen molar-refractivity contribution in [2.75, 3.05) is 19.4 Å². The van der Waals surface area contributed by atoms with E-state index in [1.165, 1.54) is 12.1 Å². The summed E-state index contributed by atoms with van der Waals surface area (Å²) in [5, 5.41) is 0. The van der Waals surface area contributed by atoms with Gasteiger partial charge in [-0.25, -0.2) is 26.3 Å². The molecule has 0 aromatic heterocycles. The summed E-state index contributed by atoms with van der Waals surface area (Å²) >= 11 is 0. The third-order valence-electron chi connectivity index (χ3n) is 7.15. The van der Waals surface area contributed by atoms with Crippen LogP contribution in [-0.4, -0.2) is 56.8 Å². The Morgan fingerprint density at radius 3 is 2.53 bits per heavy atom. The van der Waals surface area contributed by atoms with Crippen molar-refractivity contribution in [2.45, 2.75) is 43.9 Å². The lowest BCUT2D eigenvalue weighted by Crippen LogP contribution is -2.53. The molecule has 3 fully saturated rings. The van der Waals surface area contributed by atoms with Crippen LogP contribution in [0, 0.1) is 22.9 Å². The summed E-state index contributed by atoms with van der Waals surface area (Å²) in [5.74, 6) is -2.41. The molecule has 2 aliphatic heterocycles. The van der Waals surface area contributed by atoms with Crippen LogP contribution in [0.15, 0.2) is 36.4 Å². The highest BCUT2D eigenvalue weighted by Crippen LogP contribution is 2.56. The first-order chi connectivity index (χ1) is 16.1. The smallest absolute Gasteiger partial charge is 0.252 e. The molecule has 1 N–H and O–H groups in total. The van der Waals surface area contributed by atoms with Crippen LogP contribution in [0.25, 0.3) is 11.1 Å². The molecule has 5 rings (SSSR count). The van der Waals surface area contributed by atoms with Crippen molar-refractivity contribution >= 4 is 15.9 Å². The fourth-order valence-electron chi connectivity index (χ4n) is 5.17. The Kier molecular flexibility index (Phi) is 5.73. The number of amides is 1. The Morgan fingerprint density at radius 1 is 1.18 bits per heavy atom. The Hall–Kier alpha value is -2.43. The summed E-state index contributed by atoms with van der Waals surface area (Å²) in [6.07, 6.45) is 2.60. The number of hydrogen-bond donors (Lipinski definition) is 1. The van der Waals surface area contributed by atoms with Gasteiger partial charge in [-0.1, -0.05) is 18.2 Å². The Morgan fingerprint density at radius 2 is 1.91 bits per heavy atom. The number of rotatable bonds is 6. The molecule has 0 radical (unpaired) electrons. The van der Waals surface area contributed by atoms with Crippen molar-refractivity contribution in [3.63, 3.8) is 0 Å². The minimum Gasteiger partial charge on any atom is -0.368 e. The number of nitrogens with one attached hydrogen (secondary N) is 1. The topological polar surface area (TPSA) is 75.7 Å². The van der Waals surface area contributed by atoms with Gasteiger partial charge >= 0.3 is 0 Å². The highest BCUT2D eigenvalue weighted by Gasteiger charge is 2.61. The van der Waals surface area contributed by atoms with Crippen LogP contribution in [0.3, 0.4) is 0 Å². The van der Waals surface area contributed by atoms with E-state index >= 15 is 4.39 Å². The van der Waals surface area contributed by atoms with Gasteiger partial charge in [0.2, 0.25) is 10.0 Å². The monoisotopic (exact) mass is 494 g/mol. The second kappa shape index (κ2) is 8.35. The Balaban J connectivity index is 1.52. The molecule has 1 spiro atoms. The van der Waals surface area contributed by atoms with E-state index in [1.54, 1.807) is 11.0 Å². The summed E-state index contributed by atoms with van der Waals surface area (Å²) in [7, 11) is -3.60. The first kappa shape index (κ1) is 23.3. The van der Waals surface area contributed by atoms with Crippen LogP contribution in [0.2, 0.25) is 0 Å². The van der Waals surface area contributed by atoms with E-state index in [9.17, 15) is 22.0 Å². The van der Waals surface area contributed by atoms with Gasteiger partial charge in [-0.3, -0.25) is 4.79 Å². The van der Waals surface area contributed by atoms with E-state index in [2.05, 4.69) is 4.72 Å². The van der Waals surface area contributed by atoms with E-state index in [-0.39, 0.29) is 29.0 Å². The number of nitrogens with zero attached hydrogens (tertiary/aromatic N) is 1. The molecule has 0 bridgehead atoms. The van der Waals surface area contributed by atoms with Crippen LogP contribution in [0.5, 0.6) is 0 Å². The number of halogens is 3. The van der Waals surface area contributed by atoms with Crippen molar-refractivity contribution in [3.8, 4) is 11.1 Å². The molecular weight excluding hydrogens is 469 g/mol. The molecule has 182 valence electrons. The van der Waals surface area contributed by atoms with E-state index in [1.807, 2.05) is 0 Å². The minimum absolute atomic E-state index is 0.0179. The number of carbonyl (C=O) groups is 1. The maximum Gasteiger partial charge on any atom is 0.252 e. The van der Waals surface area contributed by atoms with Gasteiger partial charge < -0.3 is 9.64 Å². The molecule has 6 nitrogen and oxygen atoms in total. The molecule has 1 saturated carbocycles. The first-order valence-electron chi connectivity index (χ1n) is 11.2. The van der Waals surface area contributed by atoms with E-state index < -0.39 is 51.1 Å². The molecule has 10 heteroatoms. The van der Waals surface area contributed by atoms with Crippen molar-refractivity contribution in [1.82, 2.24) is 9.62 Å². The van der Waals surface area contributed by atoms with Gasteiger partial charge in [-0.15, -0.1) is 0 Å². The first-order valence-corrected chi connectivity index (χ1v) is 13.1. The summed E-state index contributed by atoms with van der Waals surface area (Å²) in [6, 6.07) is 6.04. The number of hydrogen-bond acceptors (Lipinski definition) is 4. The normalized spacial score (nSPS) is 25.4. The highest BCUT2D eigenvalue weighted by molar-refractivity contribution is 7.88. The third-order valence-corrected chi connectivity index (χ3v) is 7.83.